The largest absolute Gasteiger partial charge is 0.454 e. The lowest BCUT2D eigenvalue weighted by molar-refractivity contribution is -0.121. The molecule has 35 heavy (non-hydrogen) atoms. The van der Waals surface area contributed by atoms with Gasteiger partial charge in [-0.15, -0.1) is 11.3 Å². The summed E-state index contributed by atoms with van der Waals surface area (Å²) in [6.45, 7) is 0.137. The third-order valence-corrected chi connectivity index (χ3v) is 6.61. The molecule has 1 amide bonds. The summed E-state index contributed by atoms with van der Waals surface area (Å²) in [6.07, 6.45) is -0.0663. The van der Waals surface area contributed by atoms with Gasteiger partial charge in [0.15, 0.2) is 17.3 Å². The number of carbonyl (C=O) groups excluding carboxylic acids is 2. The van der Waals surface area contributed by atoms with E-state index in [-0.39, 0.29) is 44.5 Å². The van der Waals surface area contributed by atoms with Gasteiger partial charge in [0.1, 0.15) is 4.70 Å². The lowest BCUT2D eigenvalue weighted by Crippen LogP contribution is -2.41. The van der Waals surface area contributed by atoms with Crippen molar-refractivity contribution >= 4 is 33.2 Å². The summed E-state index contributed by atoms with van der Waals surface area (Å²) in [5.74, 6) is 0.725. The predicted octanol–water partition coefficient (Wildman–Crippen LogP) is 2.54. The Bertz CT molecular complexity index is 1540. The van der Waals surface area contributed by atoms with E-state index in [4.69, 9.17) is 9.47 Å². The van der Waals surface area contributed by atoms with Crippen LogP contribution in [0.1, 0.15) is 22.3 Å². The lowest BCUT2D eigenvalue weighted by Gasteiger charge is -2.12. The SMILES string of the molecule is O=C(CCn1c(=O)c2sccc2n(CC(=O)c2ccccc2)c1=O)NCc1ccc2c(c1)OCO2. The van der Waals surface area contributed by atoms with E-state index in [9.17, 15) is 19.2 Å². The summed E-state index contributed by atoms with van der Waals surface area (Å²) in [4.78, 5) is 51.4. The number of rotatable bonds is 8. The zero-order valence-corrected chi connectivity index (χ0v) is 19.4. The van der Waals surface area contributed by atoms with Crippen LogP contribution in [0.2, 0.25) is 0 Å². The van der Waals surface area contributed by atoms with Crippen molar-refractivity contribution in [2.75, 3.05) is 6.79 Å². The zero-order valence-electron chi connectivity index (χ0n) is 18.6. The quantitative estimate of drug-likeness (QED) is 0.380. The van der Waals surface area contributed by atoms with Gasteiger partial charge in [-0.25, -0.2) is 4.79 Å². The van der Waals surface area contributed by atoms with Crippen LogP contribution in [0.25, 0.3) is 10.2 Å². The number of benzene rings is 2. The fraction of sp³-hybridized carbons (Fsp3) is 0.200. The number of amides is 1. The molecule has 4 aromatic rings. The van der Waals surface area contributed by atoms with Gasteiger partial charge in [0, 0.05) is 25.1 Å². The number of thiophene rings is 1. The van der Waals surface area contributed by atoms with E-state index >= 15 is 0 Å². The van der Waals surface area contributed by atoms with Gasteiger partial charge in [0.05, 0.1) is 12.1 Å². The van der Waals surface area contributed by atoms with E-state index in [1.54, 1.807) is 53.9 Å². The summed E-state index contributed by atoms with van der Waals surface area (Å²) in [6, 6.07) is 15.7. The van der Waals surface area contributed by atoms with Crippen LogP contribution in [0.5, 0.6) is 11.5 Å². The first kappa shape index (κ1) is 22.6. The van der Waals surface area contributed by atoms with Gasteiger partial charge in [-0.1, -0.05) is 36.4 Å². The molecular formula is C25H21N3O6S. The van der Waals surface area contributed by atoms with E-state index in [1.807, 2.05) is 6.07 Å². The molecule has 0 saturated heterocycles. The molecule has 5 rings (SSSR count). The molecule has 1 aliphatic rings. The number of nitrogens with one attached hydrogen (secondary N) is 1. The van der Waals surface area contributed by atoms with Crippen molar-refractivity contribution in [3.05, 3.63) is 91.9 Å². The smallest absolute Gasteiger partial charge is 0.331 e. The molecule has 10 heteroatoms. The highest BCUT2D eigenvalue weighted by molar-refractivity contribution is 7.17. The number of nitrogens with zero attached hydrogens (tertiary/aromatic N) is 2. The summed E-state index contributed by atoms with van der Waals surface area (Å²) in [7, 11) is 0. The Labute approximate surface area is 203 Å². The molecule has 0 spiro atoms. The second kappa shape index (κ2) is 9.59. The highest BCUT2D eigenvalue weighted by Gasteiger charge is 2.18. The van der Waals surface area contributed by atoms with Crippen molar-refractivity contribution in [3.63, 3.8) is 0 Å². The van der Waals surface area contributed by atoms with Crippen molar-refractivity contribution in [1.29, 1.82) is 0 Å². The molecular weight excluding hydrogens is 470 g/mol. The second-order valence-corrected chi connectivity index (χ2v) is 8.88. The Kier molecular flexibility index (Phi) is 6.19. The highest BCUT2D eigenvalue weighted by atomic mass is 32.1. The van der Waals surface area contributed by atoms with Gasteiger partial charge >= 0.3 is 5.69 Å². The molecule has 9 nitrogen and oxygen atoms in total. The van der Waals surface area contributed by atoms with Crippen LogP contribution in [0, 0.1) is 0 Å². The van der Waals surface area contributed by atoms with Crippen LogP contribution in [0.15, 0.2) is 69.6 Å². The Balaban J connectivity index is 1.31. The molecule has 0 radical (unpaired) electrons. The van der Waals surface area contributed by atoms with E-state index < -0.39 is 11.2 Å². The van der Waals surface area contributed by atoms with Gasteiger partial charge in [-0.05, 0) is 29.1 Å². The minimum atomic E-state index is -0.617. The number of aromatic nitrogens is 2. The van der Waals surface area contributed by atoms with Crippen LogP contribution in [-0.4, -0.2) is 27.6 Å². The van der Waals surface area contributed by atoms with Crippen LogP contribution >= 0.6 is 11.3 Å². The molecule has 0 fully saturated rings. The highest BCUT2D eigenvalue weighted by Crippen LogP contribution is 2.32. The predicted molar refractivity (Wildman–Crippen MR) is 130 cm³/mol. The number of fused-ring (bicyclic) bond motifs is 2. The number of ether oxygens (including phenoxy) is 2. The Morgan fingerprint density at radius 2 is 1.77 bits per heavy atom. The van der Waals surface area contributed by atoms with E-state index in [1.165, 1.54) is 15.9 Å². The average Bonchev–Trinajstić information content (AvgIpc) is 3.55. The molecule has 3 heterocycles. The van der Waals surface area contributed by atoms with Crippen molar-refractivity contribution < 1.29 is 19.1 Å². The minimum Gasteiger partial charge on any atom is -0.454 e. The Hall–Kier alpha value is -4.18. The Morgan fingerprint density at radius 1 is 0.971 bits per heavy atom. The first-order chi connectivity index (χ1) is 17.0. The maximum atomic E-state index is 13.2. The van der Waals surface area contributed by atoms with Crippen molar-refractivity contribution in [2.24, 2.45) is 0 Å². The van der Waals surface area contributed by atoms with Crippen molar-refractivity contribution in [2.45, 2.75) is 26.1 Å². The fourth-order valence-corrected chi connectivity index (χ4v) is 4.74. The topological polar surface area (TPSA) is 109 Å². The molecule has 1 N–H and O–H groups in total. The minimum absolute atomic E-state index is 0.0663. The van der Waals surface area contributed by atoms with Gasteiger partial charge in [0.25, 0.3) is 5.56 Å². The third-order valence-electron chi connectivity index (χ3n) is 5.72. The van der Waals surface area contributed by atoms with Gasteiger partial charge in [-0.2, -0.15) is 0 Å². The number of Topliss-reactive ketones (excluding diaryl/α,β-unsaturated/α-hetero) is 1. The van der Waals surface area contributed by atoms with Crippen LogP contribution < -0.4 is 26.0 Å². The summed E-state index contributed by atoms with van der Waals surface area (Å²) in [5.41, 5.74) is 0.642. The van der Waals surface area contributed by atoms with Crippen molar-refractivity contribution in [3.8, 4) is 11.5 Å². The summed E-state index contributed by atoms with van der Waals surface area (Å²) in [5, 5.41) is 4.49. The second-order valence-electron chi connectivity index (χ2n) is 7.96. The third kappa shape index (κ3) is 4.60. The number of carbonyl (C=O) groups is 2. The molecule has 0 aliphatic carbocycles. The molecule has 0 atom stereocenters. The average molecular weight is 492 g/mol. The number of ketones is 1. The van der Waals surface area contributed by atoms with Crippen molar-refractivity contribution in [1.82, 2.24) is 14.5 Å². The Morgan fingerprint density at radius 3 is 2.60 bits per heavy atom. The standard InChI is InChI=1S/C25H21N3O6S/c29-19(17-4-2-1-3-5-17)14-28-18-9-11-35-23(18)24(31)27(25(28)32)10-8-22(30)26-13-16-6-7-20-21(12-16)34-15-33-20/h1-7,9,11-12H,8,10,13-15H2,(H,26,30). The molecule has 2 aromatic carbocycles. The first-order valence-electron chi connectivity index (χ1n) is 11.0. The van der Waals surface area contributed by atoms with E-state index in [0.29, 0.717) is 27.3 Å². The van der Waals surface area contributed by atoms with Gasteiger partial charge < -0.3 is 14.8 Å². The lowest BCUT2D eigenvalue weighted by atomic mass is 10.1. The molecule has 2 aromatic heterocycles. The molecule has 0 unspecified atom stereocenters. The molecule has 1 aliphatic heterocycles. The summed E-state index contributed by atoms with van der Waals surface area (Å²) >= 11 is 1.20. The summed E-state index contributed by atoms with van der Waals surface area (Å²) < 4.78 is 13.3. The molecule has 0 bridgehead atoms. The first-order valence-corrected chi connectivity index (χ1v) is 11.8. The van der Waals surface area contributed by atoms with Crippen LogP contribution in [0.4, 0.5) is 0 Å². The molecule has 0 saturated carbocycles. The number of hydrogen-bond donors (Lipinski definition) is 1. The van der Waals surface area contributed by atoms with Gasteiger partial charge in [0.2, 0.25) is 12.7 Å². The monoisotopic (exact) mass is 491 g/mol. The normalized spacial score (nSPS) is 12.1. The maximum absolute atomic E-state index is 13.2. The fourth-order valence-electron chi connectivity index (χ4n) is 3.90. The van der Waals surface area contributed by atoms with Crippen LogP contribution in [-0.2, 0) is 24.4 Å². The number of hydrogen-bond acceptors (Lipinski definition) is 7. The van der Waals surface area contributed by atoms with E-state index in [0.717, 1.165) is 10.1 Å². The van der Waals surface area contributed by atoms with Gasteiger partial charge in [-0.3, -0.25) is 23.5 Å². The van der Waals surface area contributed by atoms with Crippen LogP contribution in [0.3, 0.4) is 0 Å². The maximum Gasteiger partial charge on any atom is 0.331 e. The zero-order chi connectivity index (χ0) is 24.4. The molecule has 178 valence electrons. The van der Waals surface area contributed by atoms with E-state index in [2.05, 4.69) is 5.32 Å².